The Morgan fingerprint density at radius 2 is 1.42 bits per heavy atom. The van der Waals surface area contributed by atoms with Crippen LogP contribution in [0.25, 0.3) is 20.5 Å². The number of rotatable bonds is 1. The highest BCUT2D eigenvalue weighted by Gasteiger charge is 2.32. The van der Waals surface area contributed by atoms with Gasteiger partial charge in [0.2, 0.25) is 0 Å². The van der Waals surface area contributed by atoms with Gasteiger partial charge in [0, 0.05) is 10.1 Å². The first-order valence-electron chi connectivity index (χ1n) is 6.58. The summed E-state index contributed by atoms with van der Waals surface area (Å²) in [7, 11) is 0. The third-order valence-corrected chi connectivity index (χ3v) is 4.65. The van der Waals surface area contributed by atoms with Crippen molar-refractivity contribution in [2.24, 2.45) is 0 Å². The Morgan fingerprint density at radius 1 is 0.792 bits per heavy atom. The number of halogens is 6. The maximum atomic E-state index is 12.8. The van der Waals surface area contributed by atoms with Crippen LogP contribution in [-0.4, -0.2) is 5.11 Å². The van der Waals surface area contributed by atoms with E-state index in [0.29, 0.717) is 4.70 Å². The van der Waals surface area contributed by atoms with Crippen molar-refractivity contribution >= 4 is 21.4 Å². The molecule has 1 aromatic heterocycles. The quantitative estimate of drug-likeness (QED) is 0.503. The first-order chi connectivity index (χ1) is 11.1. The number of thiophene rings is 1. The van der Waals surface area contributed by atoms with E-state index >= 15 is 0 Å². The first kappa shape index (κ1) is 16.6. The van der Waals surface area contributed by atoms with Crippen LogP contribution in [0, 0.1) is 0 Å². The molecule has 0 amide bonds. The van der Waals surface area contributed by atoms with Crippen LogP contribution in [0.3, 0.4) is 0 Å². The summed E-state index contributed by atoms with van der Waals surface area (Å²) < 4.78 is 77.0. The Bertz CT molecular complexity index is 907. The van der Waals surface area contributed by atoms with Gasteiger partial charge in [-0.3, -0.25) is 0 Å². The standard InChI is InChI=1S/C16H8F6OS/c17-15(18,19)9-3-1-2-8(6-9)14-13(23)11-7-10(16(20,21)22)4-5-12(11)24-14/h1-7,23H. The van der Waals surface area contributed by atoms with E-state index < -0.39 is 29.2 Å². The smallest absolute Gasteiger partial charge is 0.416 e. The Labute approximate surface area is 135 Å². The largest absolute Gasteiger partial charge is 0.506 e. The molecule has 0 bridgehead atoms. The topological polar surface area (TPSA) is 20.2 Å². The van der Waals surface area contributed by atoms with Crippen LogP contribution < -0.4 is 0 Å². The molecule has 3 aromatic rings. The van der Waals surface area contributed by atoms with Crippen molar-refractivity contribution in [2.45, 2.75) is 12.4 Å². The number of hydrogen-bond acceptors (Lipinski definition) is 2. The van der Waals surface area contributed by atoms with Crippen LogP contribution in [0.2, 0.25) is 0 Å². The molecule has 126 valence electrons. The SMILES string of the molecule is Oc1c(-c2cccc(C(F)(F)F)c2)sc2ccc(C(F)(F)F)cc12. The number of aromatic hydroxyl groups is 1. The van der Waals surface area contributed by atoms with Gasteiger partial charge in [0.1, 0.15) is 5.75 Å². The predicted octanol–water partition coefficient (Wildman–Crippen LogP) is 6.31. The van der Waals surface area contributed by atoms with Crippen LogP contribution in [0.4, 0.5) is 26.3 Å². The highest BCUT2D eigenvalue weighted by molar-refractivity contribution is 7.22. The molecule has 0 spiro atoms. The lowest BCUT2D eigenvalue weighted by Crippen LogP contribution is -2.04. The van der Waals surface area contributed by atoms with Crippen LogP contribution in [0.5, 0.6) is 5.75 Å². The van der Waals surface area contributed by atoms with Gasteiger partial charge in [-0.05, 0) is 35.9 Å². The minimum Gasteiger partial charge on any atom is -0.506 e. The molecule has 0 aliphatic carbocycles. The Morgan fingerprint density at radius 3 is 2.04 bits per heavy atom. The molecular formula is C16H8F6OS. The number of fused-ring (bicyclic) bond motifs is 1. The third-order valence-electron chi connectivity index (χ3n) is 3.44. The third kappa shape index (κ3) is 2.93. The maximum Gasteiger partial charge on any atom is 0.416 e. The molecule has 0 aliphatic heterocycles. The Kier molecular flexibility index (Phi) is 3.75. The van der Waals surface area contributed by atoms with Gasteiger partial charge in [-0.15, -0.1) is 11.3 Å². The summed E-state index contributed by atoms with van der Waals surface area (Å²) in [4.78, 5) is 0.0930. The van der Waals surface area contributed by atoms with Gasteiger partial charge >= 0.3 is 12.4 Å². The summed E-state index contributed by atoms with van der Waals surface area (Å²) >= 11 is 0.931. The van der Waals surface area contributed by atoms with Gasteiger partial charge in [0.15, 0.2) is 0 Å². The molecule has 1 heterocycles. The fourth-order valence-corrected chi connectivity index (χ4v) is 3.37. The molecule has 3 rings (SSSR count). The molecule has 0 radical (unpaired) electrons. The van der Waals surface area contributed by atoms with Crippen molar-refractivity contribution in [1.82, 2.24) is 0 Å². The zero-order valence-electron chi connectivity index (χ0n) is 11.7. The molecule has 2 aromatic carbocycles. The van der Waals surface area contributed by atoms with Gasteiger partial charge in [0.05, 0.1) is 16.0 Å². The van der Waals surface area contributed by atoms with Crippen LogP contribution in [-0.2, 0) is 12.4 Å². The summed E-state index contributed by atoms with van der Waals surface area (Å²) in [6.45, 7) is 0. The maximum absolute atomic E-state index is 12.8. The van der Waals surface area contributed by atoms with Gasteiger partial charge in [-0.25, -0.2) is 0 Å². The van der Waals surface area contributed by atoms with Crippen molar-refractivity contribution in [3.05, 3.63) is 53.6 Å². The minimum absolute atomic E-state index is 0.0396. The average Bonchev–Trinajstić information content (AvgIpc) is 2.82. The van der Waals surface area contributed by atoms with E-state index in [1.54, 1.807) is 0 Å². The summed E-state index contributed by atoms with van der Waals surface area (Å²) in [5.41, 5.74) is -1.73. The summed E-state index contributed by atoms with van der Waals surface area (Å²) in [6, 6.07) is 7.14. The number of benzene rings is 2. The zero-order chi connectivity index (χ0) is 17.7. The van der Waals surface area contributed by atoms with Crippen molar-refractivity contribution in [3.8, 4) is 16.2 Å². The number of alkyl halides is 6. The average molecular weight is 362 g/mol. The Balaban J connectivity index is 2.16. The molecule has 1 N–H and O–H groups in total. The fourth-order valence-electron chi connectivity index (χ4n) is 2.29. The second-order valence-corrected chi connectivity index (χ2v) is 6.12. The van der Waals surface area contributed by atoms with E-state index in [-0.39, 0.29) is 15.8 Å². The molecule has 0 saturated carbocycles. The number of hydrogen-bond donors (Lipinski definition) is 1. The molecule has 24 heavy (non-hydrogen) atoms. The molecule has 8 heteroatoms. The van der Waals surface area contributed by atoms with E-state index in [2.05, 4.69) is 0 Å². The second kappa shape index (κ2) is 5.41. The van der Waals surface area contributed by atoms with Gasteiger partial charge in [-0.2, -0.15) is 26.3 Å². The highest BCUT2D eigenvalue weighted by atomic mass is 32.1. The first-order valence-corrected chi connectivity index (χ1v) is 7.39. The van der Waals surface area contributed by atoms with E-state index in [4.69, 9.17) is 0 Å². The fraction of sp³-hybridized carbons (Fsp3) is 0.125. The monoisotopic (exact) mass is 362 g/mol. The molecule has 1 nitrogen and oxygen atoms in total. The van der Waals surface area contributed by atoms with Crippen LogP contribution in [0.15, 0.2) is 42.5 Å². The molecule has 0 aliphatic rings. The van der Waals surface area contributed by atoms with Gasteiger partial charge in [-0.1, -0.05) is 12.1 Å². The lowest BCUT2D eigenvalue weighted by Gasteiger charge is -2.08. The molecular weight excluding hydrogens is 354 g/mol. The van der Waals surface area contributed by atoms with E-state index in [9.17, 15) is 31.4 Å². The Hall–Kier alpha value is -2.22. The molecule has 0 atom stereocenters. The highest BCUT2D eigenvalue weighted by Crippen LogP contribution is 2.46. The minimum atomic E-state index is -4.57. The molecule has 0 saturated heterocycles. The normalized spacial score (nSPS) is 12.8. The van der Waals surface area contributed by atoms with E-state index in [0.717, 1.165) is 35.6 Å². The summed E-state index contributed by atoms with van der Waals surface area (Å²) in [5.74, 6) is -0.458. The van der Waals surface area contributed by atoms with Crippen molar-refractivity contribution in [2.75, 3.05) is 0 Å². The summed E-state index contributed by atoms with van der Waals surface area (Å²) in [5, 5.41) is 10.1. The van der Waals surface area contributed by atoms with Crippen LogP contribution in [0.1, 0.15) is 11.1 Å². The van der Waals surface area contributed by atoms with Crippen molar-refractivity contribution in [3.63, 3.8) is 0 Å². The van der Waals surface area contributed by atoms with E-state index in [1.807, 2.05) is 0 Å². The zero-order valence-corrected chi connectivity index (χ0v) is 12.5. The molecule has 0 unspecified atom stereocenters. The van der Waals surface area contributed by atoms with Crippen LogP contribution >= 0.6 is 11.3 Å². The lowest BCUT2D eigenvalue weighted by molar-refractivity contribution is -0.138. The van der Waals surface area contributed by atoms with Crippen molar-refractivity contribution < 1.29 is 31.4 Å². The lowest BCUT2D eigenvalue weighted by atomic mass is 10.1. The second-order valence-electron chi connectivity index (χ2n) is 5.07. The summed E-state index contributed by atoms with van der Waals surface area (Å²) in [6.07, 6.45) is -9.12. The predicted molar refractivity (Wildman–Crippen MR) is 78.9 cm³/mol. The van der Waals surface area contributed by atoms with Gasteiger partial charge < -0.3 is 5.11 Å². The molecule has 0 fully saturated rings. The van der Waals surface area contributed by atoms with E-state index in [1.165, 1.54) is 18.2 Å². The van der Waals surface area contributed by atoms with Gasteiger partial charge in [0.25, 0.3) is 0 Å². The van der Waals surface area contributed by atoms with Crippen molar-refractivity contribution in [1.29, 1.82) is 0 Å².